The number of anilines is 1. The normalized spacial score (nSPS) is 10.1. The highest BCUT2D eigenvalue weighted by molar-refractivity contribution is 9.10. The molecule has 4 N–H and O–H groups in total. The van der Waals surface area contributed by atoms with E-state index in [0.29, 0.717) is 0 Å². The standard InChI is InChI=1S/C6H6Br2N2.H2O4S/c7-5-2-1-3-6(4-5)9-10-8;1-5(2,3)4/h1-4,9-10H;(H2,1,2,3,4). The molecule has 0 radical (unpaired) electrons. The minimum atomic E-state index is -4.67. The molecule has 0 aromatic heterocycles. The predicted octanol–water partition coefficient (Wildman–Crippen LogP) is 2.02. The Hall–Kier alpha value is -0.190. The summed E-state index contributed by atoms with van der Waals surface area (Å²) in [5, 5.41) is 0. The van der Waals surface area contributed by atoms with Crippen LogP contribution in [0.25, 0.3) is 0 Å². The zero-order valence-electron chi connectivity index (χ0n) is 7.18. The Morgan fingerprint density at radius 1 is 1.27 bits per heavy atom. The molecule has 6 nitrogen and oxygen atoms in total. The maximum absolute atomic E-state index is 8.74. The molecule has 0 saturated carbocycles. The van der Waals surface area contributed by atoms with E-state index in [1.807, 2.05) is 24.3 Å². The summed E-state index contributed by atoms with van der Waals surface area (Å²) in [6, 6.07) is 7.85. The Bertz CT molecular complexity index is 390. The third-order valence-electron chi connectivity index (χ3n) is 1.02. The van der Waals surface area contributed by atoms with Gasteiger partial charge >= 0.3 is 10.4 Å². The molecule has 9 heteroatoms. The molecule has 86 valence electrons. The van der Waals surface area contributed by atoms with Gasteiger partial charge < -0.3 is 5.43 Å². The van der Waals surface area contributed by atoms with Crippen molar-refractivity contribution in [1.82, 2.24) is 4.45 Å². The van der Waals surface area contributed by atoms with Gasteiger partial charge in [0.1, 0.15) is 0 Å². The second-order valence-corrected chi connectivity index (χ2v) is 4.39. The predicted molar refractivity (Wildman–Crippen MR) is 64.0 cm³/mol. The number of hydrogen-bond acceptors (Lipinski definition) is 4. The van der Waals surface area contributed by atoms with Crippen molar-refractivity contribution in [2.45, 2.75) is 0 Å². The van der Waals surface area contributed by atoms with Crippen LogP contribution in [-0.4, -0.2) is 17.5 Å². The molecular formula is C6H8Br2N2O4S. The van der Waals surface area contributed by atoms with E-state index >= 15 is 0 Å². The molecule has 1 aromatic rings. The number of nitrogens with one attached hydrogen (secondary N) is 2. The summed E-state index contributed by atoms with van der Waals surface area (Å²) in [5.74, 6) is 0. The van der Waals surface area contributed by atoms with Gasteiger partial charge in [0.2, 0.25) is 0 Å². The molecule has 0 saturated heterocycles. The first-order valence-corrected chi connectivity index (χ1v) is 6.38. The van der Waals surface area contributed by atoms with Crippen LogP contribution >= 0.6 is 32.1 Å². The van der Waals surface area contributed by atoms with Crippen LogP contribution in [0, 0.1) is 0 Å². The molecule has 0 aliphatic rings. The lowest BCUT2D eigenvalue weighted by Gasteiger charge is -2.01. The van der Waals surface area contributed by atoms with Gasteiger partial charge in [-0.05, 0) is 18.2 Å². The van der Waals surface area contributed by atoms with Gasteiger partial charge in [-0.1, -0.05) is 22.0 Å². The second kappa shape index (κ2) is 7.14. The van der Waals surface area contributed by atoms with Gasteiger partial charge in [-0.15, -0.1) is 0 Å². The van der Waals surface area contributed by atoms with Crippen molar-refractivity contribution in [1.29, 1.82) is 0 Å². The molecule has 0 heterocycles. The van der Waals surface area contributed by atoms with Crippen molar-refractivity contribution in [2.24, 2.45) is 0 Å². The minimum absolute atomic E-state index is 1.01. The molecule has 15 heavy (non-hydrogen) atoms. The molecule has 0 amide bonds. The first-order valence-electron chi connectivity index (χ1n) is 3.40. The fourth-order valence-electron chi connectivity index (χ4n) is 0.621. The molecule has 0 unspecified atom stereocenters. The molecule has 0 spiro atoms. The van der Waals surface area contributed by atoms with Crippen molar-refractivity contribution in [3.8, 4) is 0 Å². The van der Waals surface area contributed by atoms with Gasteiger partial charge in [-0.25, -0.2) is 0 Å². The average Bonchev–Trinajstić information content (AvgIpc) is 2.01. The Morgan fingerprint density at radius 3 is 2.20 bits per heavy atom. The van der Waals surface area contributed by atoms with Crippen LogP contribution in [-0.2, 0) is 10.4 Å². The van der Waals surface area contributed by atoms with E-state index in [0.717, 1.165) is 10.2 Å². The summed E-state index contributed by atoms with van der Waals surface area (Å²) >= 11 is 6.38. The fourth-order valence-corrected chi connectivity index (χ4v) is 1.25. The van der Waals surface area contributed by atoms with Crippen LogP contribution in [0.1, 0.15) is 0 Å². The summed E-state index contributed by atoms with van der Waals surface area (Å²) < 4.78 is 35.3. The van der Waals surface area contributed by atoms with Crippen LogP contribution in [0.3, 0.4) is 0 Å². The Kier molecular flexibility index (Phi) is 7.05. The summed E-state index contributed by atoms with van der Waals surface area (Å²) in [6.45, 7) is 0. The van der Waals surface area contributed by atoms with Gasteiger partial charge in [0.15, 0.2) is 0 Å². The van der Waals surface area contributed by atoms with Crippen LogP contribution in [0.5, 0.6) is 0 Å². The highest BCUT2D eigenvalue weighted by atomic mass is 79.9. The van der Waals surface area contributed by atoms with Crippen LogP contribution in [0.15, 0.2) is 28.7 Å². The first-order chi connectivity index (χ1) is 6.83. The third kappa shape index (κ3) is 11.7. The molecule has 0 aliphatic heterocycles. The van der Waals surface area contributed by atoms with Crippen LogP contribution in [0.4, 0.5) is 5.69 Å². The minimum Gasteiger partial charge on any atom is -0.312 e. The maximum atomic E-state index is 8.74. The van der Waals surface area contributed by atoms with Gasteiger partial charge in [0.05, 0.1) is 5.69 Å². The summed E-state index contributed by atoms with van der Waals surface area (Å²) in [5.41, 5.74) is 3.89. The van der Waals surface area contributed by atoms with E-state index in [1.165, 1.54) is 0 Å². The molecule has 0 bridgehead atoms. The van der Waals surface area contributed by atoms with E-state index in [2.05, 4.69) is 42.0 Å². The molecule has 1 rings (SSSR count). The lowest BCUT2D eigenvalue weighted by molar-refractivity contribution is 0.381. The number of hydrogen-bond donors (Lipinski definition) is 4. The van der Waals surface area contributed by atoms with Crippen molar-refractivity contribution in [3.63, 3.8) is 0 Å². The summed E-state index contributed by atoms with van der Waals surface area (Å²) in [4.78, 5) is 0. The van der Waals surface area contributed by atoms with E-state index in [-0.39, 0.29) is 0 Å². The number of benzene rings is 1. The Morgan fingerprint density at radius 2 is 1.80 bits per heavy atom. The van der Waals surface area contributed by atoms with Gasteiger partial charge in [-0.3, -0.25) is 9.11 Å². The van der Waals surface area contributed by atoms with E-state index in [1.54, 1.807) is 0 Å². The molecule has 0 fully saturated rings. The number of hydrazine groups is 1. The monoisotopic (exact) mass is 362 g/mol. The van der Waals surface area contributed by atoms with E-state index in [9.17, 15) is 0 Å². The quantitative estimate of drug-likeness (QED) is 0.364. The second-order valence-electron chi connectivity index (χ2n) is 2.18. The molecular weight excluding hydrogens is 356 g/mol. The SMILES string of the molecule is BrNNc1cccc(Br)c1.O=S(=O)(O)O. The summed E-state index contributed by atoms with van der Waals surface area (Å²) in [6.07, 6.45) is 0. The lowest BCUT2D eigenvalue weighted by Crippen LogP contribution is -2.07. The largest absolute Gasteiger partial charge is 0.394 e. The Labute approximate surface area is 104 Å². The molecule has 1 aromatic carbocycles. The zero-order valence-corrected chi connectivity index (χ0v) is 11.2. The Balaban J connectivity index is 0.000000336. The van der Waals surface area contributed by atoms with E-state index < -0.39 is 10.4 Å². The van der Waals surface area contributed by atoms with Crippen molar-refractivity contribution < 1.29 is 17.5 Å². The number of rotatable bonds is 2. The van der Waals surface area contributed by atoms with Crippen molar-refractivity contribution in [2.75, 3.05) is 5.43 Å². The number of halogens is 2. The first kappa shape index (κ1) is 14.8. The maximum Gasteiger partial charge on any atom is 0.394 e. The zero-order chi connectivity index (χ0) is 11.9. The van der Waals surface area contributed by atoms with Gasteiger partial charge in [0.25, 0.3) is 0 Å². The highest BCUT2D eigenvalue weighted by Gasteiger charge is 1.88. The van der Waals surface area contributed by atoms with Crippen molar-refractivity contribution in [3.05, 3.63) is 28.7 Å². The molecule has 0 aliphatic carbocycles. The smallest absolute Gasteiger partial charge is 0.312 e. The third-order valence-corrected chi connectivity index (χ3v) is 1.71. The lowest BCUT2D eigenvalue weighted by atomic mass is 10.3. The fraction of sp³-hybridized carbons (Fsp3) is 0. The van der Waals surface area contributed by atoms with Gasteiger partial charge in [-0.2, -0.15) is 12.9 Å². The molecule has 0 atom stereocenters. The van der Waals surface area contributed by atoms with E-state index in [4.69, 9.17) is 17.5 Å². The van der Waals surface area contributed by atoms with Crippen molar-refractivity contribution >= 4 is 48.2 Å². The average molecular weight is 364 g/mol. The topological polar surface area (TPSA) is 98.7 Å². The van der Waals surface area contributed by atoms with Crippen LogP contribution in [0.2, 0.25) is 0 Å². The summed E-state index contributed by atoms with van der Waals surface area (Å²) in [7, 11) is -4.67. The highest BCUT2D eigenvalue weighted by Crippen LogP contribution is 2.14. The van der Waals surface area contributed by atoms with Gasteiger partial charge in [0, 0.05) is 20.6 Å². The van der Waals surface area contributed by atoms with Crippen LogP contribution < -0.4 is 9.88 Å².